The van der Waals surface area contributed by atoms with Gasteiger partial charge in [-0.1, -0.05) is 0 Å². The van der Waals surface area contributed by atoms with Crippen molar-refractivity contribution in [1.82, 2.24) is 20.1 Å². The van der Waals surface area contributed by atoms with Gasteiger partial charge in [0.1, 0.15) is 12.2 Å². The molecule has 15 heavy (non-hydrogen) atoms. The minimum absolute atomic E-state index is 0.0972. The van der Waals surface area contributed by atoms with Gasteiger partial charge in [0, 0.05) is 19.5 Å². The van der Waals surface area contributed by atoms with Crippen molar-refractivity contribution < 1.29 is 13.2 Å². The quantitative estimate of drug-likeness (QED) is 0.823. The van der Waals surface area contributed by atoms with Crippen LogP contribution in [0, 0.1) is 0 Å². The molecule has 0 saturated carbocycles. The highest BCUT2D eigenvalue weighted by Gasteiger charge is 2.29. The van der Waals surface area contributed by atoms with E-state index in [2.05, 4.69) is 15.5 Å². The number of nitrogens with zero attached hydrogens (tertiary/aromatic N) is 3. The normalized spacial score (nSPS) is 17.8. The molecule has 0 radical (unpaired) electrons. The number of aromatic nitrogens is 3. The second-order valence-electron chi connectivity index (χ2n) is 3.58. The highest BCUT2D eigenvalue weighted by atomic mass is 19.4. The summed E-state index contributed by atoms with van der Waals surface area (Å²) in [6, 6.07) is 0.211. The number of hydrogen-bond donors (Lipinski definition) is 1. The minimum Gasteiger partial charge on any atom is -0.313 e. The molecule has 7 heteroatoms. The van der Waals surface area contributed by atoms with E-state index in [-0.39, 0.29) is 12.5 Å². The van der Waals surface area contributed by atoms with Crippen molar-refractivity contribution in [3.05, 3.63) is 12.2 Å². The Morgan fingerprint density at radius 2 is 2.20 bits per heavy atom. The second-order valence-corrected chi connectivity index (χ2v) is 3.58. The summed E-state index contributed by atoms with van der Waals surface area (Å²) < 4.78 is 37.7. The fourth-order valence-electron chi connectivity index (χ4n) is 1.47. The second kappa shape index (κ2) is 3.80. The van der Waals surface area contributed by atoms with Crippen molar-refractivity contribution >= 4 is 0 Å². The summed E-state index contributed by atoms with van der Waals surface area (Å²) in [5.41, 5.74) is 0. The van der Waals surface area contributed by atoms with Gasteiger partial charge < -0.3 is 9.88 Å². The zero-order chi connectivity index (χ0) is 10.9. The SMILES string of the molecule is FC(F)(F)CCc1nncn1C1CNC1. The van der Waals surface area contributed by atoms with Crippen LogP contribution in [0.3, 0.4) is 0 Å². The summed E-state index contributed by atoms with van der Waals surface area (Å²) in [4.78, 5) is 0. The molecule has 0 bridgehead atoms. The van der Waals surface area contributed by atoms with Crippen molar-refractivity contribution in [3.63, 3.8) is 0 Å². The van der Waals surface area contributed by atoms with Gasteiger partial charge in [-0.05, 0) is 0 Å². The summed E-state index contributed by atoms with van der Waals surface area (Å²) >= 11 is 0. The van der Waals surface area contributed by atoms with E-state index in [4.69, 9.17) is 0 Å². The van der Waals surface area contributed by atoms with Crippen LogP contribution in [0.25, 0.3) is 0 Å². The maximum absolute atomic E-state index is 12.0. The highest BCUT2D eigenvalue weighted by Crippen LogP contribution is 2.22. The molecule has 1 N–H and O–H groups in total. The molecular formula is C8H11F3N4. The van der Waals surface area contributed by atoms with Crippen LogP contribution in [0.5, 0.6) is 0 Å². The molecule has 4 nitrogen and oxygen atoms in total. The third-order valence-electron chi connectivity index (χ3n) is 2.43. The topological polar surface area (TPSA) is 42.7 Å². The Labute approximate surface area is 84.5 Å². The van der Waals surface area contributed by atoms with Gasteiger partial charge in [-0.15, -0.1) is 10.2 Å². The van der Waals surface area contributed by atoms with Gasteiger partial charge in [0.15, 0.2) is 0 Å². The predicted octanol–water partition coefficient (Wildman–Crippen LogP) is 0.917. The fraction of sp³-hybridized carbons (Fsp3) is 0.750. The van der Waals surface area contributed by atoms with Crippen molar-refractivity contribution in [2.24, 2.45) is 0 Å². The van der Waals surface area contributed by atoms with Gasteiger partial charge in [0.2, 0.25) is 0 Å². The van der Waals surface area contributed by atoms with Crippen molar-refractivity contribution in [2.75, 3.05) is 13.1 Å². The van der Waals surface area contributed by atoms with Crippen LogP contribution in [0.1, 0.15) is 18.3 Å². The average Bonchev–Trinajstić information content (AvgIpc) is 2.44. The molecule has 84 valence electrons. The van der Waals surface area contributed by atoms with Crippen LogP contribution in [0.15, 0.2) is 6.33 Å². The number of aryl methyl sites for hydroxylation is 1. The summed E-state index contributed by atoms with van der Waals surface area (Å²) in [6.07, 6.45) is -3.57. The molecule has 2 heterocycles. The van der Waals surface area contributed by atoms with E-state index < -0.39 is 12.6 Å². The van der Waals surface area contributed by atoms with E-state index in [1.165, 1.54) is 6.33 Å². The lowest BCUT2D eigenvalue weighted by atomic mass is 10.1. The number of nitrogens with one attached hydrogen (secondary N) is 1. The zero-order valence-corrected chi connectivity index (χ0v) is 7.96. The Hall–Kier alpha value is -1.11. The number of alkyl halides is 3. The molecule has 0 aromatic carbocycles. The first-order valence-corrected chi connectivity index (χ1v) is 4.72. The zero-order valence-electron chi connectivity index (χ0n) is 7.96. The van der Waals surface area contributed by atoms with Crippen LogP contribution < -0.4 is 5.32 Å². The Bertz CT molecular complexity index is 329. The van der Waals surface area contributed by atoms with Crippen molar-refractivity contribution in [1.29, 1.82) is 0 Å². The molecule has 1 saturated heterocycles. The molecule has 1 aromatic rings. The summed E-state index contributed by atoms with van der Waals surface area (Å²) in [7, 11) is 0. The smallest absolute Gasteiger partial charge is 0.313 e. The number of hydrogen-bond acceptors (Lipinski definition) is 3. The minimum atomic E-state index is -4.13. The number of rotatable bonds is 3. The van der Waals surface area contributed by atoms with Crippen LogP contribution in [-0.2, 0) is 6.42 Å². The van der Waals surface area contributed by atoms with Crippen molar-refractivity contribution in [2.45, 2.75) is 25.1 Å². The van der Waals surface area contributed by atoms with Gasteiger partial charge in [-0.2, -0.15) is 13.2 Å². The molecule has 1 aliphatic rings. The first kappa shape index (κ1) is 10.4. The lowest BCUT2D eigenvalue weighted by molar-refractivity contribution is -0.134. The third kappa shape index (κ3) is 2.47. The Morgan fingerprint density at radius 3 is 2.73 bits per heavy atom. The summed E-state index contributed by atoms with van der Waals surface area (Å²) in [6.45, 7) is 1.55. The largest absolute Gasteiger partial charge is 0.389 e. The third-order valence-corrected chi connectivity index (χ3v) is 2.43. The fourth-order valence-corrected chi connectivity index (χ4v) is 1.47. The molecule has 1 aliphatic heterocycles. The Morgan fingerprint density at radius 1 is 1.47 bits per heavy atom. The molecule has 0 unspecified atom stereocenters. The van der Waals surface area contributed by atoms with Crippen LogP contribution >= 0.6 is 0 Å². The predicted molar refractivity (Wildman–Crippen MR) is 46.3 cm³/mol. The lowest BCUT2D eigenvalue weighted by Crippen LogP contribution is -2.43. The van der Waals surface area contributed by atoms with E-state index in [9.17, 15) is 13.2 Å². The summed E-state index contributed by atoms with van der Waals surface area (Å²) in [5.74, 6) is 0.416. The standard InChI is InChI=1S/C8H11F3N4/c9-8(10,11)2-1-7-14-13-5-15(7)6-3-12-4-6/h5-6,12H,1-4H2. The van der Waals surface area contributed by atoms with Gasteiger partial charge >= 0.3 is 6.18 Å². The van der Waals surface area contributed by atoms with Gasteiger partial charge in [-0.25, -0.2) is 0 Å². The number of halogens is 3. The van der Waals surface area contributed by atoms with E-state index in [0.29, 0.717) is 5.82 Å². The lowest BCUT2D eigenvalue weighted by Gasteiger charge is -2.29. The molecule has 2 rings (SSSR count). The van der Waals surface area contributed by atoms with Crippen LogP contribution in [0.4, 0.5) is 13.2 Å². The molecule has 1 aromatic heterocycles. The van der Waals surface area contributed by atoms with E-state index in [1.807, 2.05) is 0 Å². The highest BCUT2D eigenvalue weighted by molar-refractivity contribution is 4.94. The van der Waals surface area contributed by atoms with Crippen molar-refractivity contribution in [3.8, 4) is 0 Å². The van der Waals surface area contributed by atoms with Gasteiger partial charge in [0.05, 0.1) is 12.5 Å². The van der Waals surface area contributed by atoms with Crippen LogP contribution in [0.2, 0.25) is 0 Å². The van der Waals surface area contributed by atoms with E-state index in [1.54, 1.807) is 4.57 Å². The first-order chi connectivity index (χ1) is 7.06. The maximum atomic E-state index is 12.0. The van der Waals surface area contributed by atoms with Crippen LogP contribution in [-0.4, -0.2) is 34.0 Å². The average molecular weight is 220 g/mol. The Kier molecular flexibility index (Phi) is 2.64. The van der Waals surface area contributed by atoms with E-state index in [0.717, 1.165) is 13.1 Å². The first-order valence-electron chi connectivity index (χ1n) is 4.72. The van der Waals surface area contributed by atoms with Gasteiger partial charge in [-0.3, -0.25) is 0 Å². The Balaban J connectivity index is 1.98. The maximum Gasteiger partial charge on any atom is 0.389 e. The molecule has 0 amide bonds. The monoisotopic (exact) mass is 220 g/mol. The molecule has 0 atom stereocenters. The van der Waals surface area contributed by atoms with Gasteiger partial charge in [0.25, 0.3) is 0 Å². The summed E-state index contributed by atoms with van der Waals surface area (Å²) in [5, 5.41) is 10.4. The molecule has 0 aliphatic carbocycles. The molecule has 1 fully saturated rings. The molecular weight excluding hydrogens is 209 g/mol. The van der Waals surface area contributed by atoms with E-state index >= 15 is 0 Å². The molecule has 0 spiro atoms.